The topological polar surface area (TPSA) is 42.5 Å². The number of hydrogen-bond donors (Lipinski definition) is 2. The molecule has 0 aliphatic carbocycles. The summed E-state index contributed by atoms with van der Waals surface area (Å²) in [6, 6.07) is 8.16. The van der Waals surface area contributed by atoms with Gasteiger partial charge in [0.25, 0.3) is 0 Å². The van der Waals surface area contributed by atoms with E-state index in [2.05, 4.69) is 10.6 Å². The quantitative estimate of drug-likeness (QED) is 0.718. The lowest BCUT2D eigenvalue weighted by Gasteiger charge is -2.35. The van der Waals surface area contributed by atoms with Crippen molar-refractivity contribution >= 4 is 0 Å². The molecule has 0 spiro atoms. The van der Waals surface area contributed by atoms with Crippen molar-refractivity contribution in [3.05, 3.63) is 24.3 Å². The molecule has 0 aromatic heterocycles. The Balaban J connectivity index is 1.72. The van der Waals surface area contributed by atoms with E-state index < -0.39 is 0 Å². The van der Waals surface area contributed by atoms with Crippen LogP contribution in [-0.2, 0) is 0 Å². The van der Waals surface area contributed by atoms with E-state index in [1.54, 1.807) is 0 Å². The molecule has 2 atom stereocenters. The Morgan fingerprint density at radius 2 is 2.00 bits per heavy atom. The average Bonchev–Trinajstić information content (AvgIpc) is 2.39. The number of fused-ring (bicyclic) bond motifs is 1. The van der Waals surface area contributed by atoms with Crippen LogP contribution in [0.25, 0.3) is 0 Å². The van der Waals surface area contributed by atoms with Crippen LogP contribution in [0.4, 0.5) is 0 Å². The fraction of sp³-hybridized carbons (Fsp3) is 0.500. The van der Waals surface area contributed by atoms with Gasteiger partial charge in [0.05, 0.1) is 6.04 Å². The number of rotatable bonds is 1. The molecule has 2 heterocycles. The third-order valence-electron chi connectivity index (χ3n) is 3.05. The van der Waals surface area contributed by atoms with E-state index >= 15 is 0 Å². The molecule has 1 aromatic carbocycles. The monoisotopic (exact) mass is 220 g/mol. The molecular weight excluding hydrogens is 204 g/mol. The minimum atomic E-state index is 0.0997. The predicted octanol–water partition coefficient (Wildman–Crippen LogP) is 0.388. The van der Waals surface area contributed by atoms with Crippen molar-refractivity contribution in [1.82, 2.24) is 10.6 Å². The first-order chi connectivity index (χ1) is 7.93. The third kappa shape index (κ3) is 1.86. The first-order valence-corrected chi connectivity index (χ1v) is 5.76. The molecule has 1 fully saturated rings. The third-order valence-corrected chi connectivity index (χ3v) is 3.05. The second kappa shape index (κ2) is 4.31. The molecule has 0 radical (unpaired) electrons. The van der Waals surface area contributed by atoms with Gasteiger partial charge >= 0.3 is 0 Å². The second-order valence-electron chi connectivity index (χ2n) is 4.18. The van der Waals surface area contributed by atoms with Gasteiger partial charge in [0.15, 0.2) is 11.5 Å². The fourth-order valence-electron chi connectivity index (χ4n) is 2.17. The summed E-state index contributed by atoms with van der Waals surface area (Å²) in [5, 5.41) is 6.81. The van der Waals surface area contributed by atoms with E-state index in [0.717, 1.165) is 31.1 Å². The molecule has 3 rings (SSSR count). The van der Waals surface area contributed by atoms with E-state index in [0.29, 0.717) is 12.6 Å². The molecule has 86 valence electrons. The van der Waals surface area contributed by atoms with Crippen LogP contribution < -0.4 is 20.1 Å². The fourth-order valence-corrected chi connectivity index (χ4v) is 2.17. The van der Waals surface area contributed by atoms with E-state index in [1.165, 1.54) is 0 Å². The number of para-hydroxylation sites is 2. The highest BCUT2D eigenvalue weighted by atomic mass is 16.6. The molecule has 4 nitrogen and oxygen atoms in total. The zero-order chi connectivity index (χ0) is 10.8. The maximum Gasteiger partial charge on any atom is 0.161 e. The minimum absolute atomic E-state index is 0.0997. The van der Waals surface area contributed by atoms with Gasteiger partial charge in [-0.2, -0.15) is 0 Å². The summed E-state index contributed by atoms with van der Waals surface area (Å²) in [4.78, 5) is 0. The summed E-state index contributed by atoms with van der Waals surface area (Å²) in [6.07, 6.45) is 0.0997. The van der Waals surface area contributed by atoms with E-state index in [9.17, 15) is 0 Å². The van der Waals surface area contributed by atoms with Gasteiger partial charge in [-0.25, -0.2) is 0 Å². The van der Waals surface area contributed by atoms with Crippen molar-refractivity contribution in [2.75, 3.05) is 26.2 Å². The summed E-state index contributed by atoms with van der Waals surface area (Å²) in [7, 11) is 0. The van der Waals surface area contributed by atoms with Crippen LogP contribution in [0.2, 0.25) is 0 Å². The van der Waals surface area contributed by atoms with Crippen molar-refractivity contribution in [2.45, 2.75) is 12.1 Å². The molecule has 0 saturated carbocycles. The molecule has 2 aliphatic heterocycles. The van der Waals surface area contributed by atoms with Crippen LogP contribution in [0.3, 0.4) is 0 Å². The Kier molecular flexibility index (Phi) is 2.68. The van der Waals surface area contributed by atoms with E-state index in [-0.39, 0.29) is 6.10 Å². The molecule has 4 heteroatoms. The highest BCUT2D eigenvalue weighted by Gasteiger charge is 2.29. The number of ether oxygens (including phenoxy) is 2. The first kappa shape index (κ1) is 9.93. The molecule has 2 aliphatic rings. The number of benzene rings is 1. The Labute approximate surface area is 94.9 Å². The van der Waals surface area contributed by atoms with Crippen LogP contribution >= 0.6 is 0 Å². The predicted molar refractivity (Wildman–Crippen MR) is 61.0 cm³/mol. The lowest BCUT2D eigenvalue weighted by Crippen LogP contribution is -2.57. The molecule has 0 bridgehead atoms. The van der Waals surface area contributed by atoms with Crippen molar-refractivity contribution in [3.63, 3.8) is 0 Å². The van der Waals surface area contributed by atoms with Crippen LogP contribution in [0.15, 0.2) is 24.3 Å². The minimum Gasteiger partial charge on any atom is -0.486 e. The Hall–Kier alpha value is -1.26. The summed E-state index contributed by atoms with van der Waals surface area (Å²) in [5.74, 6) is 1.70. The van der Waals surface area contributed by atoms with Gasteiger partial charge in [-0.15, -0.1) is 0 Å². The van der Waals surface area contributed by atoms with Gasteiger partial charge in [-0.3, -0.25) is 0 Å². The van der Waals surface area contributed by atoms with Gasteiger partial charge in [-0.05, 0) is 12.1 Å². The summed E-state index contributed by atoms with van der Waals surface area (Å²) in [5.41, 5.74) is 0. The average molecular weight is 220 g/mol. The lowest BCUT2D eigenvalue weighted by molar-refractivity contribution is 0.0579. The zero-order valence-corrected chi connectivity index (χ0v) is 9.11. The smallest absolute Gasteiger partial charge is 0.161 e. The normalized spacial score (nSPS) is 28.8. The summed E-state index contributed by atoms with van der Waals surface area (Å²) in [6.45, 7) is 3.58. The van der Waals surface area contributed by atoms with Crippen molar-refractivity contribution in [1.29, 1.82) is 0 Å². The van der Waals surface area contributed by atoms with Crippen molar-refractivity contribution in [3.8, 4) is 11.5 Å². The lowest BCUT2D eigenvalue weighted by atomic mass is 10.1. The first-order valence-electron chi connectivity index (χ1n) is 5.76. The maximum atomic E-state index is 5.94. The van der Waals surface area contributed by atoms with Crippen molar-refractivity contribution in [2.24, 2.45) is 0 Å². The molecule has 1 saturated heterocycles. The van der Waals surface area contributed by atoms with Gasteiger partial charge in [0.1, 0.15) is 12.7 Å². The molecule has 0 amide bonds. The summed E-state index contributed by atoms with van der Waals surface area (Å²) >= 11 is 0. The van der Waals surface area contributed by atoms with Gasteiger partial charge in [-0.1, -0.05) is 12.1 Å². The molecule has 2 N–H and O–H groups in total. The molecule has 16 heavy (non-hydrogen) atoms. The standard InChI is InChI=1S/C12H16N2O2/c1-2-4-11-10(3-1)15-8-12(16-11)9-7-13-5-6-14-9/h1-4,9,12-14H,5-8H2. The highest BCUT2D eigenvalue weighted by molar-refractivity contribution is 5.40. The van der Waals surface area contributed by atoms with Gasteiger partial charge < -0.3 is 20.1 Å². The van der Waals surface area contributed by atoms with Crippen LogP contribution in [-0.4, -0.2) is 38.4 Å². The molecule has 2 unspecified atom stereocenters. The number of hydrogen-bond acceptors (Lipinski definition) is 4. The second-order valence-corrected chi connectivity index (χ2v) is 4.18. The number of piperazine rings is 1. The molecular formula is C12H16N2O2. The van der Waals surface area contributed by atoms with E-state index in [1.807, 2.05) is 24.3 Å². The zero-order valence-electron chi connectivity index (χ0n) is 9.11. The summed E-state index contributed by atoms with van der Waals surface area (Å²) < 4.78 is 11.6. The Morgan fingerprint density at radius 3 is 2.81 bits per heavy atom. The molecule has 1 aromatic rings. The van der Waals surface area contributed by atoms with Gasteiger partial charge in [0, 0.05) is 19.6 Å². The van der Waals surface area contributed by atoms with Gasteiger partial charge in [0.2, 0.25) is 0 Å². The SMILES string of the molecule is c1ccc2c(c1)OCC(C1CNCCN1)O2. The largest absolute Gasteiger partial charge is 0.486 e. The van der Waals surface area contributed by atoms with Crippen LogP contribution in [0.5, 0.6) is 11.5 Å². The maximum absolute atomic E-state index is 5.94. The Bertz CT molecular complexity index is 364. The van der Waals surface area contributed by atoms with Crippen LogP contribution in [0.1, 0.15) is 0 Å². The number of nitrogens with one attached hydrogen (secondary N) is 2. The van der Waals surface area contributed by atoms with E-state index in [4.69, 9.17) is 9.47 Å². The highest BCUT2D eigenvalue weighted by Crippen LogP contribution is 2.31. The Morgan fingerprint density at radius 1 is 1.12 bits per heavy atom. The van der Waals surface area contributed by atoms with Crippen LogP contribution in [0, 0.1) is 0 Å². The van der Waals surface area contributed by atoms with Crippen molar-refractivity contribution < 1.29 is 9.47 Å².